The van der Waals surface area contributed by atoms with Gasteiger partial charge in [-0.3, -0.25) is 0 Å². The number of nitrogens with zero attached hydrogens (tertiary/aromatic N) is 1. The summed E-state index contributed by atoms with van der Waals surface area (Å²) in [5.41, 5.74) is 2.16. The van der Waals surface area contributed by atoms with Gasteiger partial charge in [-0.25, -0.2) is 13.8 Å². The standard InChI is InChI=1S/C11H11F2N3/c1-7-11(16-6-15-7)5-14-10-3-8(12)2-9(13)4-10/h2-4,6,14H,5H2,1H3,(H,15,16). The van der Waals surface area contributed by atoms with Gasteiger partial charge in [0.25, 0.3) is 0 Å². The van der Waals surface area contributed by atoms with Gasteiger partial charge >= 0.3 is 0 Å². The number of imidazole rings is 1. The number of hydrogen-bond acceptors (Lipinski definition) is 2. The van der Waals surface area contributed by atoms with Crippen LogP contribution >= 0.6 is 0 Å². The molecule has 2 N–H and O–H groups in total. The fourth-order valence-corrected chi connectivity index (χ4v) is 1.41. The maximum absolute atomic E-state index is 12.9. The molecule has 3 nitrogen and oxygen atoms in total. The molecule has 16 heavy (non-hydrogen) atoms. The van der Waals surface area contributed by atoms with Gasteiger partial charge in [0.05, 0.1) is 18.6 Å². The van der Waals surface area contributed by atoms with Crippen LogP contribution in [0.4, 0.5) is 14.5 Å². The number of aromatic amines is 1. The van der Waals surface area contributed by atoms with E-state index in [-0.39, 0.29) is 0 Å². The smallest absolute Gasteiger partial charge is 0.128 e. The molecule has 0 unspecified atom stereocenters. The van der Waals surface area contributed by atoms with Crippen molar-refractivity contribution >= 4 is 5.69 Å². The molecule has 1 aromatic heterocycles. The van der Waals surface area contributed by atoms with Gasteiger partial charge in [-0.05, 0) is 19.1 Å². The Balaban J connectivity index is 2.07. The molecule has 2 aromatic rings. The Kier molecular flexibility index (Phi) is 2.85. The summed E-state index contributed by atoms with van der Waals surface area (Å²) in [6, 6.07) is 3.32. The van der Waals surface area contributed by atoms with E-state index in [1.165, 1.54) is 12.1 Å². The maximum atomic E-state index is 12.9. The summed E-state index contributed by atoms with van der Waals surface area (Å²) in [7, 11) is 0. The van der Waals surface area contributed by atoms with E-state index >= 15 is 0 Å². The van der Waals surface area contributed by atoms with E-state index in [4.69, 9.17) is 0 Å². The van der Waals surface area contributed by atoms with E-state index in [0.29, 0.717) is 12.2 Å². The fourth-order valence-electron chi connectivity index (χ4n) is 1.41. The van der Waals surface area contributed by atoms with Gasteiger partial charge < -0.3 is 10.3 Å². The monoisotopic (exact) mass is 223 g/mol. The lowest BCUT2D eigenvalue weighted by Gasteiger charge is -2.05. The van der Waals surface area contributed by atoms with Gasteiger partial charge in [-0.1, -0.05) is 0 Å². The van der Waals surface area contributed by atoms with Gasteiger partial charge in [0.1, 0.15) is 11.6 Å². The second-order valence-electron chi connectivity index (χ2n) is 3.49. The lowest BCUT2D eigenvalue weighted by molar-refractivity contribution is 0.584. The Labute approximate surface area is 91.5 Å². The van der Waals surface area contributed by atoms with E-state index in [2.05, 4.69) is 15.3 Å². The molecule has 1 aromatic carbocycles. The highest BCUT2D eigenvalue weighted by molar-refractivity contribution is 5.44. The normalized spacial score (nSPS) is 10.4. The number of halogens is 2. The Morgan fingerprint density at radius 3 is 2.50 bits per heavy atom. The topological polar surface area (TPSA) is 40.7 Å². The number of H-pyrrole nitrogens is 1. The Morgan fingerprint density at radius 2 is 1.94 bits per heavy atom. The molecular formula is C11H11F2N3. The summed E-state index contributed by atoms with van der Waals surface area (Å²) in [6.07, 6.45) is 1.58. The summed E-state index contributed by atoms with van der Waals surface area (Å²) in [6.45, 7) is 2.31. The molecule has 0 bridgehead atoms. The van der Waals surface area contributed by atoms with Gasteiger partial charge in [0.15, 0.2) is 0 Å². The average Bonchev–Trinajstić information content (AvgIpc) is 2.59. The summed E-state index contributed by atoms with van der Waals surface area (Å²) < 4.78 is 25.7. The van der Waals surface area contributed by atoms with Crippen LogP contribution in [-0.4, -0.2) is 9.97 Å². The van der Waals surface area contributed by atoms with Gasteiger partial charge in [0.2, 0.25) is 0 Å². The minimum atomic E-state index is -0.596. The van der Waals surface area contributed by atoms with E-state index in [1.54, 1.807) is 6.33 Å². The molecule has 0 atom stereocenters. The molecular weight excluding hydrogens is 212 g/mol. The average molecular weight is 223 g/mol. The predicted molar refractivity (Wildman–Crippen MR) is 57.0 cm³/mol. The maximum Gasteiger partial charge on any atom is 0.128 e. The van der Waals surface area contributed by atoms with Crippen molar-refractivity contribution in [2.45, 2.75) is 13.5 Å². The highest BCUT2D eigenvalue weighted by Crippen LogP contribution is 2.14. The first kappa shape index (κ1) is 10.6. The molecule has 0 radical (unpaired) electrons. The van der Waals surface area contributed by atoms with Crippen molar-refractivity contribution < 1.29 is 8.78 Å². The number of anilines is 1. The van der Waals surface area contributed by atoms with Crippen molar-refractivity contribution in [1.29, 1.82) is 0 Å². The largest absolute Gasteiger partial charge is 0.379 e. The lowest BCUT2D eigenvalue weighted by Crippen LogP contribution is -2.02. The van der Waals surface area contributed by atoms with Crippen LogP contribution in [0.25, 0.3) is 0 Å². The molecule has 0 aliphatic carbocycles. The second kappa shape index (κ2) is 4.30. The third-order valence-corrected chi connectivity index (χ3v) is 2.26. The zero-order valence-corrected chi connectivity index (χ0v) is 8.72. The predicted octanol–water partition coefficient (Wildman–Crippen LogP) is 2.61. The molecule has 0 aliphatic heterocycles. The zero-order valence-electron chi connectivity index (χ0n) is 8.72. The van der Waals surface area contributed by atoms with E-state index < -0.39 is 11.6 Å². The van der Waals surface area contributed by atoms with Crippen molar-refractivity contribution in [3.63, 3.8) is 0 Å². The molecule has 0 saturated heterocycles. The molecule has 0 spiro atoms. The summed E-state index contributed by atoms with van der Waals surface area (Å²) in [5.74, 6) is -1.19. The molecule has 0 aliphatic rings. The highest BCUT2D eigenvalue weighted by atomic mass is 19.1. The first-order chi connectivity index (χ1) is 7.65. The Morgan fingerprint density at radius 1 is 1.25 bits per heavy atom. The molecule has 84 valence electrons. The van der Waals surface area contributed by atoms with Crippen molar-refractivity contribution in [1.82, 2.24) is 9.97 Å². The van der Waals surface area contributed by atoms with E-state index in [9.17, 15) is 8.78 Å². The SMILES string of the molecule is Cc1[nH]cnc1CNc1cc(F)cc(F)c1. The van der Waals surface area contributed by atoms with Gasteiger partial charge in [0, 0.05) is 17.4 Å². The minimum Gasteiger partial charge on any atom is -0.379 e. The van der Waals surface area contributed by atoms with E-state index in [0.717, 1.165) is 17.5 Å². The number of nitrogens with one attached hydrogen (secondary N) is 2. The fraction of sp³-hybridized carbons (Fsp3) is 0.182. The van der Waals surface area contributed by atoms with Gasteiger partial charge in [-0.15, -0.1) is 0 Å². The van der Waals surface area contributed by atoms with E-state index in [1.807, 2.05) is 6.92 Å². The minimum absolute atomic E-state index is 0.403. The summed E-state index contributed by atoms with van der Waals surface area (Å²) in [4.78, 5) is 7.00. The first-order valence-electron chi connectivity index (χ1n) is 4.84. The van der Waals surface area contributed by atoms with Crippen molar-refractivity contribution in [2.24, 2.45) is 0 Å². The molecule has 0 fully saturated rings. The number of rotatable bonds is 3. The second-order valence-corrected chi connectivity index (χ2v) is 3.49. The molecule has 1 heterocycles. The lowest BCUT2D eigenvalue weighted by atomic mass is 10.3. The molecule has 0 amide bonds. The van der Waals surface area contributed by atoms with Crippen LogP contribution in [0.3, 0.4) is 0 Å². The van der Waals surface area contributed by atoms with Crippen LogP contribution < -0.4 is 5.32 Å². The molecule has 2 rings (SSSR count). The third-order valence-electron chi connectivity index (χ3n) is 2.26. The Hall–Kier alpha value is -1.91. The van der Waals surface area contributed by atoms with Crippen LogP contribution in [0.2, 0.25) is 0 Å². The van der Waals surface area contributed by atoms with Crippen LogP contribution in [0.5, 0.6) is 0 Å². The quantitative estimate of drug-likeness (QED) is 0.839. The van der Waals surface area contributed by atoms with Crippen molar-refractivity contribution in [3.8, 4) is 0 Å². The summed E-state index contributed by atoms with van der Waals surface area (Å²) in [5, 5.41) is 2.91. The van der Waals surface area contributed by atoms with Crippen LogP contribution in [0, 0.1) is 18.6 Å². The van der Waals surface area contributed by atoms with Crippen LogP contribution in [0.1, 0.15) is 11.4 Å². The number of benzene rings is 1. The molecule has 0 saturated carbocycles. The number of hydrogen-bond donors (Lipinski definition) is 2. The first-order valence-corrected chi connectivity index (χ1v) is 4.84. The highest BCUT2D eigenvalue weighted by Gasteiger charge is 2.03. The Bertz CT molecular complexity index is 473. The van der Waals surface area contributed by atoms with Gasteiger partial charge in [-0.2, -0.15) is 0 Å². The van der Waals surface area contributed by atoms with Crippen LogP contribution in [0.15, 0.2) is 24.5 Å². The van der Waals surface area contributed by atoms with Crippen molar-refractivity contribution in [2.75, 3.05) is 5.32 Å². The number of aryl methyl sites for hydroxylation is 1. The van der Waals surface area contributed by atoms with Crippen LogP contribution in [-0.2, 0) is 6.54 Å². The summed E-state index contributed by atoms with van der Waals surface area (Å²) >= 11 is 0. The third kappa shape index (κ3) is 2.36. The zero-order chi connectivity index (χ0) is 11.5. The molecule has 5 heteroatoms. The van der Waals surface area contributed by atoms with Crippen molar-refractivity contribution in [3.05, 3.63) is 47.5 Å². The number of aromatic nitrogens is 2.